The van der Waals surface area contributed by atoms with Gasteiger partial charge in [-0.05, 0) is 11.5 Å². The highest BCUT2D eigenvalue weighted by molar-refractivity contribution is 7.88. The molecule has 0 atom stereocenters. The fourth-order valence-corrected chi connectivity index (χ4v) is 2.62. The molecule has 0 saturated heterocycles. The van der Waals surface area contributed by atoms with E-state index in [2.05, 4.69) is 10.1 Å². The number of aromatic nitrogens is 1. The van der Waals surface area contributed by atoms with Crippen molar-refractivity contribution in [3.8, 4) is 0 Å². The molecule has 0 radical (unpaired) electrons. The van der Waals surface area contributed by atoms with Gasteiger partial charge in [-0.15, -0.1) is 0 Å². The largest absolute Gasteiger partial charge is 0.244 e. The summed E-state index contributed by atoms with van der Waals surface area (Å²) < 4.78 is 22.0. The number of hydrogen-bond acceptors (Lipinski definition) is 4. The zero-order valence-corrected chi connectivity index (χ0v) is 13.2. The van der Waals surface area contributed by atoms with E-state index in [1.165, 1.54) is 6.21 Å². The van der Waals surface area contributed by atoms with Crippen LogP contribution in [0.15, 0.2) is 47.6 Å². The highest BCUT2D eigenvalue weighted by Crippen LogP contribution is 2.26. The van der Waals surface area contributed by atoms with Crippen LogP contribution < -0.4 is 4.83 Å². The van der Waals surface area contributed by atoms with Crippen molar-refractivity contribution in [2.45, 2.75) is 0 Å². The van der Waals surface area contributed by atoms with E-state index < -0.39 is 10.0 Å². The molecule has 112 valence electrons. The Morgan fingerprint density at radius 2 is 1.91 bits per heavy atom. The van der Waals surface area contributed by atoms with Crippen molar-refractivity contribution in [1.29, 1.82) is 0 Å². The Labute approximate surface area is 132 Å². The van der Waals surface area contributed by atoms with Gasteiger partial charge in [-0.1, -0.05) is 48.0 Å². The van der Waals surface area contributed by atoms with Crippen LogP contribution in [0.5, 0.6) is 0 Å². The van der Waals surface area contributed by atoms with Crippen molar-refractivity contribution in [2.24, 2.45) is 5.10 Å². The van der Waals surface area contributed by atoms with Gasteiger partial charge in [-0.25, -0.2) is 18.2 Å². The molecule has 0 spiro atoms. The van der Waals surface area contributed by atoms with Crippen LogP contribution in [0.2, 0.25) is 5.15 Å². The van der Waals surface area contributed by atoms with E-state index in [0.717, 1.165) is 27.9 Å². The summed E-state index contributed by atoms with van der Waals surface area (Å²) in [6.07, 6.45) is 2.36. The van der Waals surface area contributed by atoms with Crippen molar-refractivity contribution in [2.75, 3.05) is 6.26 Å². The van der Waals surface area contributed by atoms with Crippen molar-refractivity contribution < 1.29 is 8.42 Å². The van der Waals surface area contributed by atoms with Crippen LogP contribution in [0, 0.1) is 0 Å². The Balaban J connectivity index is 2.11. The predicted molar refractivity (Wildman–Crippen MR) is 89.8 cm³/mol. The highest BCUT2D eigenvalue weighted by Gasteiger charge is 2.07. The fraction of sp³-hybridized carbons (Fsp3) is 0.0667. The monoisotopic (exact) mass is 333 g/mol. The standard InChI is InChI=1S/C15H12ClN3O2S/c1-22(20,21)19-17-9-12-8-11-7-6-10-4-2-3-5-13(10)14(11)18-15(12)16/h2-9,19H,1H3. The average Bonchev–Trinajstić information content (AvgIpc) is 2.46. The molecular formula is C15H12ClN3O2S. The van der Waals surface area contributed by atoms with E-state index in [0.29, 0.717) is 5.56 Å². The second kappa shape index (κ2) is 5.55. The summed E-state index contributed by atoms with van der Waals surface area (Å²) in [4.78, 5) is 6.45. The minimum atomic E-state index is -3.39. The molecule has 3 aromatic rings. The lowest BCUT2D eigenvalue weighted by Crippen LogP contribution is -2.15. The van der Waals surface area contributed by atoms with Crippen molar-refractivity contribution in [3.05, 3.63) is 53.2 Å². The van der Waals surface area contributed by atoms with Gasteiger partial charge in [0.05, 0.1) is 18.0 Å². The van der Waals surface area contributed by atoms with Gasteiger partial charge in [-0.3, -0.25) is 0 Å². The first kappa shape index (κ1) is 14.7. The summed E-state index contributed by atoms with van der Waals surface area (Å²) in [6, 6.07) is 13.7. The lowest BCUT2D eigenvalue weighted by atomic mass is 10.1. The van der Waals surface area contributed by atoms with E-state index in [1.54, 1.807) is 0 Å². The molecule has 0 unspecified atom stereocenters. The van der Waals surface area contributed by atoms with Crippen LogP contribution in [0.1, 0.15) is 5.56 Å². The fourth-order valence-electron chi connectivity index (χ4n) is 2.19. The molecule has 22 heavy (non-hydrogen) atoms. The van der Waals surface area contributed by atoms with E-state index >= 15 is 0 Å². The average molecular weight is 334 g/mol. The molecule has 7 heteroatoms. The number of hydrazone groups is 1. The van der Waals surface area contributed by atoms with E-state index in [4.69, 9.17) is 11.6 Å². The number of hydrogen-bond donors (Lipinski definition) is 1. The molecule has 3 rings (SSSR count). The number of halogens is 1. The predicted octanol–water partition coefficient (Wildman–Crippen LogP) is 2.92. The molecule has 0 aliphatic carbocycles. The van der Waals surface area contributed by atoms with Crippen LogP contribution in [0.3, 0.4) is 0 Å². The third-order valence-electron chi connectivity index (χ3n) is 3.11. The molecule has 0 aliphatic heterocycles. The van der Waals surface area contributed by atoms with E-state index in [9.17, 15) is 8.42 Å². The number of fused-ring (bicyclic) bond motifs is 3. The number of nitrogens with zero attached hydrogens (tertiary/aromatic N) is 2. The molecule has 0 saturated carbocycles. The van der Waals surface area contributed by atoms with Gasteiger partial charge < -0.3 is 0 Å². The minimum absolute atomic E-state index is 0.267. The molecule has 5 nitrogen and oxygen atoms in total. The number of sulfonamides is 1. The van der Waals surface area contributed by atoms with Crippen LogP contribution in [-0.2, 0) is 10.0 Å². The van der Waals surface area contributed by atoms with Gasteiger partial charge in [0.25, 0.3) is 0 Å². The third-order valence-corrected chi connectivity index (χ3v) is 3.85. The first-order chi connectivity index (χ1) is 10.4. The second-order valence-electron chi connectivity index (χ2n) is 4.85. The van der Waals surface area contributed by atoms with Crippen LogP contribution in [0.25, 0.3) is 21.7 Å². The number of nitrogens with one attached hydrogen (secondary N) is 1. The SMILES string of the molecule is CS(=O)(=O)NN=Cc1cc2ccc3ccccc3c2nc1Cl. The van der Waals surface area contributed by atoms with Crippen molar-refractivity contribution >= 4 is 49.5 Å². The molecule has 0 amide bonds. The topological polar surface area (TPSA) is 71.4 Å². The maximum absolute atomic E-state index is 11.0. The first-order valence-corrected chi connectivity index (χ1v) is 8.69. The van der Waals surface area contributed by atoms with Gasteiger partial charge in [0.2, 0.25) is 10.0 Å². The molecule has 0 aliphatic rings. The van der Waals surface area contributed by atoms with Crippen LogP contribution in [0.4, 0.5) is 0 Å². The first-order valence-electron chi connectivity index (χ1n) is 6.42. The lowest BCUT2D eigenvalue weighted by molar-refractivity contribution is 0.591. The molecular weight excluding hydrogens is 322 g/mol. The summed E-state index contributed by atoms with van der Waals surface area (Å²) >= 11 is 6.17. The summed E-state index contributed by atoms with van der Waals surface area (Å²) in [5.41, 5.74) is 1.34. The summed E-state index contributed by atoms with van der Waals surface area (Å²) in [6.45, 7) is 0. The molecule has 1 N–H and O–H groups in total. The van der Waals surface area contributed by atoms with E-state index in [1.807, 2.05) is 47.3 Å². The molecule has 1 heterocycles. The molecule has 2 aromatic carbocycles. The highest BCUT2D eigenvalue weighted by atomic mass is 35.5. The Hall–Kier alpha value is -2.18. The zero-order valence-electron chi connectivity index (χ0n) is 11.6. The van der Waals surface area contributed by atoms with Gasteiger partial charge >= 0.3 is 0 Å². The number of rotatable bonds is 3. The van der Waals surface area contributed by atoms with Crippen molar-refractivity contribution in [1.82, 2.24) is 9.82 Å². The lowest BCUT2D eigenvalue weighted by Gasteiger charge is -2.05. The molecule has 0 fully saturated rings. The Morgan fingerprint density at radius 3 is 2.68 bits per heavy atom. The maximum Gasteiger partial charge on any atom is 0.244 e. The molecule has 1 aromatic heterocycles. The summed E-state index contributed by atoms with van der Waals surface area (Å²) in [7, 11) is -3.39. The van der Waals surface area contributed by atoms with Crippen LogP contribution >= 0.6 is 11.6 Å². The molecule has 0 bridgehead atoms. The van der Waals surface area contributed by atoms with E-state index in [-0.39, 0.29) is 5.15 Å². The normalized spacial score (nSPS) is 12.3. The van der Waals surface area contributed by atoms with Crippen LogP contribution in [-0.4, -0.2) is 25.9 Å². The minimum Gasteiger partial charge on any atom is -0.235 e. The Morgan fingerprint density at radius 1 is 1.18 bits per heavy atom. The van der Waals surface area contributed by atoms with Gasteiger partial charge in [0.1, 0.15) is 5.15 Å². The third kappa shape index (κ3) is 3.03. The van der Waals surface area contributed by atoms with Gasteiger partial charge in [0, 0.05) is 16.3 Å². The van der Waals surface area contributed by atoms with Crippen molar-refractivity contribution in [3.63, 3.8) is 0 Å². The van der Waals surface area contributed by atoms with Gasteiger partial charge in [0.15, 0.2) is 0 Å². The number of benzene rings is 2. The smallest absolute Gasteiger partial charge is 0.235 e. The Bertz CT molecular complexity index is 1000. The summed E-state index contributed by atoms with van der Waals surface area (Å²) in [5.74, 6) is 0. The number of pyridine rings is 1. The summed E-state index contributed by atoms with van der Waals surface area (Å²) in [5, 5.41) is 6.92. The zero-order chi connectivity index (χ0) is 15.7. The quantitative estimate of drug-likeness (QED) is 0.347. The van der Waals surface area contributed by atoms with Gasteiger partial charge in [-0.2, -0.15) is 5.10 Å². The second-order valence-corrected chi connectivity index (χ2v) is 6.93. The maximum atomic E-state index is 11.0. The Kier molecular flexibility index (Phi) is 3.72.